The smallest absolute Gasteiger partial charge is 0.0908 e. The second-order valence-electron chi connectivity index (χ2n) is 4.30. The molecule has 6 heteroatoms. The summed E-state index contributed by atoms with van der Waals surface area (Å²) in [6, 6.07) is 3.52. The number of hydrogen-bond donors (Lipinski definition) is 1. The zero-order valence-electron chi connectivity index (χ0n) is 10.1. The average Bonchev–Trinajstić information content (AvgIpc) is 2.71. The summed E-state index contributed by atoms with van der Waals surface area (Å²) in [6.07, 6.45) is 3.35. The first kappa shape index (κ1) is 13.5. The van der Waals surface area contributed by atoms with Crippen LogP contribution in [-0.2, 0) is 0 Å². The maximum Gasteiger partial charge on any atom is 0.0908 e. The highest BCUT2D eigenvalue weighted by Gasteiger charge is 2.20. The highest BCUT2D eigenvalue weighted by molar-refractivity contribution is 9.10. The molecule has 0 bridgehead atoms. The number of halogens is 2. The van der Waals surface area contributed by atoms with Gasteiger partial charge in [-0.3, -0.25) is 9.67 Å². The standard InChI is InChI=1S/C12H14BrClN4/c1-7(2)18-12(9(13)6-17-18)11(15)10-4-3-8(14)5-16-10/h3-7,11H,15H2,1-2H3. The summed E-state index contributed by atoms with van der Waals surface area (Å²) in [6.45, 7) is 4.12. The molecule has 0 aliphatic carbocycles. The first-order valence-electron chi connectivity index (χ1n) is 5.60. The van der Waals surface area contributed by atoms with Gasteiger partial charge >= 0.3 is 0 Å². The van der Waals surface area contributed by atoms with E-state index in [1.54, 1.807) is 18.5 Å². The van der Waals surface area contributed by atoms with Gasteiger partial charge in [0.1, 0.15) is 0 Å². The molecular weight excluding hydrogens is 316 g/mol. The summed E-state index contributed by atoms with van der Waals surface area (Å²) < 4.78 is 2.78. The van der Waals surface area contributed by atoms with Crippen molar-refractivity contribution < 1.29 is 0 Å². The largest absolute Gasteiger partial charge is 0.318 e. The molecule has 2 aromatic heterocycles. The van der Waals surface area contributed by atoms with Gasteiger partial charge in [0.25, 0.3) is 0 Å². The quantitative estimate of drug-likeness (QED) is 0.939. The van der Waals surface area contributed by atoms with E-state index in [9.17, 15) is 0 Å². The Morgan fingerprint density at radius 2 is 2.06 bits per heavy atom. The molecule has 0 fully saturated rings. The van der Waals surface area contributed by atoms with Crippen molar-refractivity contribution in [2.75, 3.05) is 0 Å². The third kappa shape index (κ3) is 2.58. The van der Waals surface area contributed by atoms with Gasteiger partial charge in [-0.05, 0) is 41.9 Å². The molecule has 2 rings (SSSR count). The van der Waals surface area contributed by atoms with Crippen LogP contribution in [-0.4, -0.2) is 14.8 Å². The zero-order chi connectivity index (χ0) is 13.3. The fourth-order valence-corrected chi connectivity index (χ4v) is 2.40. The predicted octanol–water partition coefficient (Wildman–Crippen LogP) is 3.32. The van der Waals surface area contributed by atoms with Gasteiger partial charge < -0.3 is 5.73 Å². The first-order chi connectivity index (χ1) is 8.50. The Kier molecular flexibility index (Phi) is 4.04. The number of pyridine rings is 1. The molecule has 1 unspecified atom stereocenters. The molecular formula is C12H14BrClN4. The molecule has 0 aromatic carbocycles. The van der Waals surface area contributed by atoms with Crippen molar-refractivity contribution in [3.63, 3.8) is 0 Å². The zero-order valence-corrected chi connectivity index (χ0v) is 12.5. The number of rotatable bonds is 3. The first-order valence-corrected chi connectivity index (χ1v) is 6.77. The van der Waals surface area contributed by atoms with Crippen molar-refractivity contribution >= 4 is 27.5 Å². The molecule has 1 atom stereocenters. The van der Waals surface area contributed by atoms with E-state index >= 15 is 0 Å². The molecule has 2 aromatic rings. The van der Waals surface area contributed by atoms with Gasteiger partial charge in [-0.15, -0.1) is 0 Å². The normalized spacial score (nSPS) is 13.0. The minimum absolute atomic E-state index is 0.240. The van der Waals surface area contributed by atoms with Crippen LogP contribution in [0.3, 0.4) is 0 Å². The maximum atomic E-state index is 6.25. The Morgan fingerprint density at radius 1 is 1.33 bits per heavy atom. The Hall–Kier alpha value is -0.910. The molecule has 18 heavy (non-hydrogen) atoms. The minimum atomic E-state index is -0.332. The summed E-state index contributed by atoms with van der Waals surface area (Å²) in [7, 11) is 0. The van der Waals surface area contributed by atoms with Crippen LogP contribution in [0.2, 0.25) is 5.02 Å². The summed E-state index contributed by atoms with van der Waals surface area (Å²) in [5.41, 5.74) is 7.94. The van der Waals surface area contributed by atoms with Crippen molar-refractivity contribution in [3.05, 3.63) is 45.4 Å². The lowest BCUT2D eigenvalue weighted by Crippen LogP contribution is -2.20. The lowest BCUT2D eigenvalue weighted by atomic mass is 10.1. The van der Waals surface area contributed by atoms with Gasteiger partial charge in [-0.1, -0.05) is 11.6 Å². The van der Waals surface area contributed by atoms with E-state index in [1.807, 2.05) is 10.7 Å². The molecule has 0 aliphatic rings. The molecule has 0 saturated carbocycles. The molecule has 0 spiro atoms. The van der Waals surface area contributed by atoms with Crippen LogP contribution in [0.25, 0.3) is 0 Å². The van der Waals surface area contributed by atoms with E-state index in [0.717, 1.165) is 15.9 Å². The van der Waals surface area contributed by atoms with E-state index < -0.39 is 0 Å². The van der Waals surface area contributed by atoms with Gasteiger partial charge in [0.15, 0.2) is 0 Å². The van der Waals surface area contributed by atoms with Crippen LogP contribution in [0.15, 0.2) is 29.0 Å². The van der Waals surface area contributed by atoms with E-state index in [1.165, 1.54) is 0 Å². The van der Waals surface area contributed by atoms with E-state index in [-0.39, 0.29) is 12.1 Å². The summed E-state index contributed by atoms with van der Waals surface area (Å²) in [5.74, 6) is 0. The highest BCUT2D eigenvalue weighted by Crippen LogP contribution is 2.28. The molecule has 96 valence electrons. The lowest BCUT2D eigenvalue weighted by molar-refractivity contribution is 0.497. The van der Waals surface area contributed by atoms with Crippen molar-refractivity contribution in [3.8, 4) is 0 Å². The third-order valence-corrected chi connectivity index (χ3v) is 3.47. The van der Waals surface area contributed by atoms with Gasteiger partial charge in [0.2, 0.25) is 0 Å². The SMILES string of the molecule is CC(C)n1ncc(Br)c1C(N)c1ccc(Cl)cn1. The van der Waals surface area contributed by atoms with Crippen molar-refractivity contribution in [1.82, 2.24) is 14.8 Å². The lowest BCUT2D eigenvalue weighted by Gasteiger charge is -2.17. The van der Waals surface area contributed by atoms with Crippen LogP contribution in [0.1, 0.15) is 37.3 Å². The maximum absolute atomic E-state index is 6.25. The molecule has 0 aliphatic heterocycles. The van der Waals surface area contributed by atoms with Crippen molar-refractivity contribution in [1.29, 1.82) is 0 Å². The van der Waals surface area contributed by atoms with Crippen molar-refractivity contribution in [2.45, 2.75) is 25.9 Å². The van der Waals surface area contributed by atoms with Gasteiger partial charge in [0, 0.05) is 12.2 Å². The molecule has 0 saturated heterocycles. The van der Waals surface area contributed by atoms with Crippen LogP contribution in [0, 0.1) is 0 Å². The van der Waals surface area contributed by atoms with E-state index in [0.29, 0.717) is 5.02 Å². The molecule has 2 N–H and O–H groups in total. The summed E-state index contributed by atoms with van der Waals surface area (Å²) >= 11 is 9.30. The third-order valence-electron chi connectivity index (χ3n) is 2.64. The summed E-state index contributed by atoms with van der Waals surface area (Å²) in [4.78, 5) is 4.26. The Bertz CT molecular complexity index is 536. The Balaban J connectivity index is 2.42. The topological polar surface area (TPSA) is 56.7 Å². The Morgan fingerprint density at radius 3 is 2.61 bits per heavy atom. The van der Waals surface area contributed by atoms with Crippen molar-refractivity contribution in [2.24, 2.45) is 5.73 Å². The average molecular weight is 330 g/mol. The van der Waals surface area contributed by atoms with Crippen LogP contribution >= 0.6 is 27.5 Å². The number of nitrogens with zero attached hydrogens (tertiary/aromatic N) is 3. The van der Waals surface area contributed by atoms with Gasteiger partial charge in [-0.25, -0.2) is 0 Å². The number of hydrogen-bond acceptors (Lipinski definition) is 3. The second kappa shape index (κ2) is 5.38. The molecule has 0 amide bonds. The van der Waals surface area contributed by atoms with E-state index in [2.05, 4.69) is 39.9 Å². The van der Waals surface area contributed by atoms with Crippen LogP contribution in [0.4, 0.5) is 0 Å². The molecule has 2 heterocycles. The van der Waals surface area contributed by atoms with Crippen LogP contribution in [0.5, 0.6) is 0 Å². The predicted molar refractivity (Wildman–Crippen MR) is 75.6 cm³/mol. The fraction of sp³-hybridized carbons (Fsp3) is 0.333. The Labute approximate surface area is 119 Å². The van der Waals surface area contributed by atoms with Crippen LogP contribution < -0.4 is 5.73 Å². The van der Waals surface area contributed by atoms with E-state index in [4.69, 9.17) is 17.3 Å². The fourth-order valence-electron chi connectivity index (χ4n) is 1.76. The minimum Gasteiger partial charge on any atom is -0.318 e. The second-order valence-corrected chi connectivity index (χ2v) is 5.59. The number of nitrogens with two attached hydrogens (primary N) is 1. The van der Waals surface area contributed by atoms with Gasteiger partial charge in [-0.2, -0.15) is 5.10 Å². The number of aromatic nitrogens is 3. The molecule has 4 nitrogen and oxygen atoms in total. The monoisotopic (exact) mass is 328 g/mol. The summed E-state index contributed by atoms with van der Waals surface area (Å²) in [5, 5.41) is 4.91. The van der Waals surface area contributed by atoms with Gasteiger partial charge in [0.05, 0.1) is 33.1 Å². The highest BCUT2D eigenvalue weighted by atomic mass is 79.9. The molecule has 0 radical (unpaired) electrons.